The van der Waals surface area contributed by atoms with Crippen LogP contribution in [0.4, 0.5) is 21.5 Å². The maximum Gasteiger partial charge on any atom is 0.321 e. The molecule has 12 heteroatoms. The lowest BCUT2D eigenvalue weighted by Gasteiger charge is -2.14. The van der Waals surface area contributed by atoms with Gasteiger partial charge in [-0.3, -0.25) is 10.6 Å². The molecule has 0 radical (unpaired) electrons. The molecule has 0 saturated heterocycles. The lowest BCUT2D eigenvalue weighted by Crippen LogP contribution is -2.32. The first-order chi connectivity index (χ1) is 17.9. The Balaban J connectivity index is 1.93. The molecule has 10 nitrogen and oxygen atoms in total. The molecule has 0 saturated carbocycles. The van der Waals surface area contributed by atoms with Crippen molar-refractivity contribution in [3.05, 3.63) is 52.5 Å². The van der Waals surface area contributed by atoms with E-state index in [-0.39, 0.29) is 17.7 Å². The van der Waals surface area contributed by atoms with Gasteiger partial charge in [0.25, 0.3) is 0 Å². The number of hydrogen-bond acceptors (Lipinski definition) is 6. The topological polar surface area (TPSA) is 130 Å². The third-order valence-electron chi connectivity index (χ3n) is 4.96. The fourth-order valence-electron chi connectivity index (χ4n) is 3.07. The van der Waals surface area contributed by atoms with Crippen LogP contribution in [0.25, 0.3) is 11.4 Å². The Kier molecular flexibility index (Phi) is 10.7. The molecule has 4 N–H and O–H groups in total. The van der Waals surface area contributed by atoms with E-state index in [2.05, 4.69) is 36.2 Å². The second kappa shape index (κ2) is 14.2. The van der Waals surface area contributed by atoms with Gasteiger partial charge in [-0.1, -0.05) is 62.0 Å². The van der Waals surface area contributed by atoms with E-state index in [4.69, 9.17) is 27.9 Å². The number of anilines is 2. The number of unbranched alkanes of at least 4 members (excludes halogenated alkanes) is 2. The number of rotatable bonds is 11. The van der Waals surface area contributed by atoms with Crippen molar-refractivity contribution in [2.24, 2.45) is 0 Å². The van der Waals surface area contributed by atoms with E-state index in [1.807, 2.05) is 13.8 Å². The zero-order valence-electron chi connectivity index (χ0n) is 20.6. The number of benzene rings is 2. The first-order valence-electron chi connectivity index (χ1n) is 12.0. The number of amides is 4. The highest BCUT2D eigenvalue weighted by Crippen LogP contribution is 2.36. The first-order valence-corrected chi connectivity index (χ1v) is 12.7. The monoisotopic (exact) mass is 545 g/mol. The lowest BCUT2D eigenvalue weighted by atomic mass is 10.2. The highest BCUT2D eigenvalue weighted by atomic mass is 35.5. The minimum absolute atomic E-state index is 0.0396. The van der Waals surface area contributed by atoms with E-state index in [9.17, 15) is 9.59 Å². The minimum Gasteiger partial charge on any atom is -0.455 e. The summed E-state index contributed by atoms with van der Waals surface area (Å²) >= 11 is 12.3. The van der Waals surface area contributed by atoms with E-state index in [1.54, 1.807) is 42.5 Å². The van der Waals surface area contributed by atoms with Gasteiger partial charge in [-0.15, -0.1) is 0 Å². The first kappa shape index (κ1) is 27.9. The van der Waals surface area contributed by atoms with Crippen LogP contribution in [0.3, 0.4) is 0 Å². The van der Waals surface area contributed by atoms with Gasteiger partial charge in [0.1, 0.15) is 11.5 Å². The Morgan fingerprint density at radius 1 is 0.811 bits per heavy atom. The Labute approximate surface area is 225 Å². The maximum absolute atomic E-state index is 12.3. The second-order valence-electron chi connectivity index (χ2n) is 7.95. The van der Waals surface area contributed by atoms with Gasteiger partial charge in [-0.05, 0) is 43.2 Å². The Hall–Kier alpha value is -3.63. The lowest BCUT2D eigenvalue weighted by molar-refractivity contribution is 0.251. The van der Waals surface area contributed by atoms with Crippen molar-refractivity contribution < 1.29 is 14.3 Å². The van der Waals surface area contributed by atoms with Gasteiger partial charge in [-0.2, -0.15) is 15.0 Å². The molecule has 0 bridgehead atoms. The van der Waals surface area contributed by atoms with E-state index in [0.29, 0.717) is 40.2 Å². The van der Waals surface area contributed by atoms with Crippen LogP contribution >= 0.6 is 23.2 Å². The molecule has 0 aliphatic rings. The van der Waals surface area contributed by atoms with E-state index >= 15 is 0 Å². The highest BCUT2D eigenvalue weighted by molar-refractivity contribution is 6.35. The summed E-state index contributed by atoms with van der Waals surface area (Å²) in [6, 6.07) is 11.0. The SMILES string of the molecule is CCCCNC(=O)Nc1nc(NC(=O)NCCCC)nc(-c2ccccc2Oc2ccc(Cl)cc2Cl)n1. The van der Waals surface area contributed by atoms with Crippen LogP contribution in [0, 0.1) is 0 Å². The third kappa shape index (κ3) is 8.76. The molecule has 4 amide bonds. The predicted molar refractivity (Wildman–Crippen MR) is 146 cm³/mol. The molecule has 3 aromatic rings. The quantitative estimate of drug-likeness (QED) is 0.204. The van der Waals surface area contributed by atoms with E-state index < -0.39 is 12.1 Å². The molecule has 0 spiro atoms. The number of halogens is 2. The number of carbonyl (C=O) groups is 2. The highest BCUT2D eigenvalue weighted by Gasteiger charge is 2.17. The zero-order chi connectivity index (χ0) is 26.6. The van der Waals surface area contributed by atoms with Crippen molar-refractivity contribution in [3.8, 4) is 22.9 Å². The number of nitrogens with one attached hydrogen (secondary N) is 4. The van der Waals surface area contributed by atoms with Crippen molar-refractivity contribution in [1.29, 1.82) is 0 Å². The molecule has 0 fully saturated rings. The molecule has 2 aromatic carbocycles. The number of carbonyl (C=O) groups excluding carboxylic acids is 2. The summed E-state index contributed by atoms with van der Waals surface area (Å²) in [7, 11) is 0. The van der Waals surface area contributed by atoms with Crippen molar-refractivity contribution in [1.82, 2.24) is 25.6 Å². The number of hydrogen-bond donors (Lipinski definition) is 4. The second-order valence-corrected chi connectivity index (χ2v) is 8.79. The Bertz CT molecular complexity index is 1180. The van der Waals surface area contributed by atoms with E-state index in [0.717, 1.165) is 25.7 Å². The van der Waals surface area contributed by atoms with Crippen molar-refractivity contribution in [3.63, 3.8) is 0 Å². The van der Waals surface area contributed by atoms with Gasteiger partial charge in [-0.25, -0.2) is 9.59 Å². The molecule has 3 rings (SSSR count). The molecular weight excluding hydrogens is 517 g/mol. The molecule has 0 unspecified atom stereocenters. The van der Waals surface area contributed by atoms with Crippen molar-refractivity contribution in [2.75, 3.05) is 23.7 Å². The molecular formula is C25H29Cl2N7O3. The number of nitrogens with zero attached hydrogens (tertiary/aromatic N) is 3. The summed E-state index contributed by atoms with van der Waals surface area (Å²) in [6.07, 6.45) is 3.54. The minimum atomic E-state index is -0.471. The average Bonchev–Trinajstić information content (AvgIpc) is 2.86. The van der Waals surface area contributed by atoms with Crippen molar-refractivity contribution in [2.45, 2.75) is 39.5 Å². The molecule has 196 valence electrons. The summed E-state index contributed by atoms with van der Waals surface area (Å²) in [5.74, 6) is 0.872. The Morgan fingerprint density at radius 3 is 1.97 bits per heavy atom. The molecule has 0 aliphatic carbocycles. The summed E-state index contributed by atoms with van der Waals surface area (Å²) in [6.45, 7) is 5.06. The number of aromatic nitrogens is 3. The average molecular weight is 546 g/mol. The normalized spacial score (nSPS) is 10.5. The van der Waals surface area contributed by atoms with Crippen LogP contribution in [0.1, 0.15) is 39.5 Å². The number of urea groups is 2. The summed E-state index contributed by atoms with van der Waals surface area (Å²) in [4.78, 5) is 37.7. The van der Waals surface area contributed by atoms with Crippen LogP contribution in [0.15, 0.2) is 42.5 Å². The predicted octanol–water partition coefficient (Wildman–Crippen LogP) is 6.48. The van der Waals surface area contributed by atoms with Crippen LogP contribution < -0.4 is 26.0 Å². The van der Waals surface area contributed by atoms with Gasteiger partial charge in [0.2, 0.25) is 11.9 Å². The van der Waals surface area contributed by atoms with Gasteiger partial charge < -0.3 is 15.4 Å². The van der Waals surface area contributed by atoms with Gasteiger partial charge in [0, 0.05) is 18.1 Å². The number of para-hydroxylation sites is 1. The van der Waals surface area contributed by atoms with Gasteiger partial charge in [0.05, 0.1) is 10.6 Å². The fraction of sp³-hybridized carbons (Fsp3) is 0.320. The van der Waals surface area contributed by atoms with Gasteiger partial charge >= 0.3 is 12.1 Å². The van der Waals surface area contributed by atoms with Gasteiger partial charge in [0.15, 0.2) is 5.82 Å². The van der Waals surface area contributed by atoms with Crippen LogP contribution in [-0.2, 0) is 0 Å². The van der Waals surface area contributed by atoms with Crippen LogP contribution in [0.5, 0.6) is 11.5 Å². The summed E-state index contributed by atoms with van der Waals surface area (Å²) in [5.41, 5.74) is 0.486. The smallest absolute Gasteiger partial charge is 0.321 e. The summed E-state index contributed by atoms with van der Waals surface area (Å²) < 4.78 is 6.03. The maximum atomic E-state index is 12.3. The van der Waals surface area contributed by atoms with E-state index in [1.165, 1.54) is 0 Å². The molecule has 37 heavy (non-hydrogen) atoms. The van der Waals surface area contributed by atoms with Crippen LogP contribution in [-0.4, -0.2) is 40.1 Å². The van der Waals surface area contributed by atoms with Crippen molar-refractivity contribution >= 4 is 47.2 Å². The molecule has 0 atom stereocenters. The largest absolute Gasteiger partial charge is 0.455 e. The molecule has 1 aromatic heterocycles. The standard InChI is InChI=1S/C25H29Cl2N7O3/c1-3-5-13-28-24(35)33-22-30-21(31-23(32-22)34-25(36)29-14-6-4-2)17-9-7-8-10-19(17)37-20-12-11-16(26)15-18(20)27/h7-12,15H,3-6,13-14H2,1-2H3,(H4,28,29,30,31,32,33,34,35,36). The Morgan fingerprint density at radius 2 is 1.41 bits per heavy atom. The molecule has 0 aliphatic heterocycles. The third-order valence-corrected chi connectivity index (χ3v) is 5.49. The molecule has 1 heterocycles. The zero-order valence-corrected chi connectivity index (χ0v) is 22.1. The summed E-state index contributed by atoms with van der Waals surface area (Å²) in [5, 5.41) is 11.5. The fourth-order valence-corrected chi connectivity index (χ4v) is 3.52. The van der Waals surface area contributed by atoms with Crippen LogP contribution in [0.2, 0.25) is 10.0 Å². The number of ether oxygens (including phenoxy) is 1.